The van der Waals surface area contributed by atoms with Crippen molar-refractivity contribution in [1.82, 2.24) is 14.4 Å². The van der Waals surface area contributed by atoms with Gasteiger partial charge in [0.1, 0.15) is 5.56 Å². The molecule has 0 radical (unpaired) electrons. The molecule has 3 aromatic heterocycles. The van der Waals surface area contributed by atoms with Gasteiger partial charge in [0.25, 0.3) is 5.91 Å². The normalized spacial score (nSPS) is 11.6. The summed E-state index contributed by atoms with van der Waals surface area (Å²) in [4.78, 5) is 20.0. The van der Waals surface area contributed by atoms with Crippen molar-refractivity contribution in [2.24, 2.45) is 11.5 Å². The van der Waals surface area contributed by atoms with Gasteiger partial charge in [0.2, 0.25) is 5.88 Å². The van der Waals surface area contributed by atoms with E-state index in [0.717, 1.165) is 5.69 Å². The van der Waals surface area contributed by atoms with Gasteiger partial charge in [-0.15, -0.1) is 0 Å². The lowest BCUT2D eigenvalue weighted by Crippen LogP contribution is -2.34. The van der Waals surface area contributed by atoms with Crippen LogP contribution in [0, 0.1) is 0 Å². The maximum Gasteiger partial charge on any atom is 0.254 e. The molecule has 0 aliphatic carbocycles. The average molecular weight is 325 g/mol. The number of carbonyl (C=O) groups excluding carboxylic acids is 1. The Bertz CT molecular complexity index is 895. The summed E-state index contributed by atoms with van der Waals surface area (Å²) in [7, 11) is 0. The zero-order valence-corrected chi connectivity index (χ0v) is 13.6. The standard InChI is InChI=1S/C17H19N5O2/c1-17(2,19)9-11-10-21-15-13(6-4-8-22(11)15)24-16-12(14(18)23)5-3-7-20-16/h3-8,10H,9,19H2,1-2H3,(H2,18,23). The number of hydrogen-bond donors (Lipinski definition) is 2. The average Bonchev–Trinajstić information content (AvgIpc) is 2.90. The van der Waals surface area contributed by atoms with E-state index < -0.39 is 5.91 Å². The first kappa shape index (κ1) is 15.9. The first-order chi connectivity index (χ1) is 11.3. The fraction of sp³-hybridized carbons (Fsp3) is 0.235. The maximum atomic E-state index is 11.5. The molecule has 0 aliphatic rings. The minimum atomic E-state index is -0.598. The van der Waals surface area contributed by atoms with E-state index in [1.54, 1.807) is 24.4 Å². The summed E-state index contributed by atoms with van der Waals surface area (Å²) >= 11 is 0. The lowest BCUT2D eigenvalue weighted by Gasteiger charge is -2.17. The molecule has 0 fully saturated rings. The van der Waals surface area contributed by atoms with Crippen molar-refractivity contribution >= 4 is 11.6 Å². The molecule has 1 amide bonds. The summed E-state index contributed by atoms with van der Waals surface area (Å²) in [5.41, 5.74) is 12.9. The Labute approximate surface area is 139 Å². The molecule has 0 saturated heterocycles. The molecule has 124 valence electrons. The number of imidazole rings is 1. The minimum Gasteiger partial charge on any atom is -0.434 e. The van der Waals surface area contributed by atoms with Gasteiger partial charge in [-0.3, -0.25) is 4.79 Å². The highest BCUT2D eigenvalue weighted by Gasteiger charge is 2.18. The first-order valence-electron chi connectivity index (χ1n) is 7.52. The molecule has 24 heavy (non-hydrogen) atoms. The molecule has 0 atom stereocenters. The van der Waals surface area contributed by atoms with Gasteiger partial charge in [0, 0.05) is 36.2 Å². The number of carbonyl (C=O) groups is 1. The van der Waals surface area contributed by atoms with Crippen LogP contribution in [0.25, 0.3) is 5.65 Å². The number of primary amides is 1. The predicted molar refractivity (Wildman–Crippen MR) is 90.0 cm³/mol. The lowest BCUT2D eigenvalue weighted by atomic mass is 10.0. The Hall–Kier alpha value is -2.93. The van der Waals surface area contributed by atoms with Crippen LogP contribution in [0.15, 0.2) is 42.9 Å². The Morgan fingerprint density at radius 1 is 1.29 bits per heavy atom. The van der Waals surface area contributed by atoms with Gasteiger partial charge in [0.15, 0.2) is 11.4 Å². The van der Waals surface area contributed by atoms with Gasteiger partial charge >= 0.3 is 0 Å². The van der Waals surface area contributed by atoms with Crippen LogP contribution in [-0.2, 0) is 6.42 Å². The van der Waals surface area contributed by atoms with Crippen molar-refractivity contribution in [3.05, 3.63) is 54.1 Å². The highest BCUT2D eigenvalue weighted by molar-refractivity contribution is 5.95. The molecule has 7 nitrogen and oxygen atoms in total. The fourth-order valence-corrected chi connectivity index (χ4v) is 2.48. The van der Waals surface area contributed by atoms with Crippen LogP contribution in [-0.4, -0.2) is 25.8 Å². The Balaban J connectivity index is 2.01. The fourth-order valence-electron chi connectivity index (χ4n) is 2.48. The second-order valence-electron chi connectivity index (χ2n) is 6.30. The van der Waals surface area contributed by atoms with Gasteiger partial charge in [-0.2, -0.15) is 0 Å². The van der Waals surface area contributed by atoms with Crippen molar-refractivity contribution in [2.45, 2.75) is 25.8 Å². The quantitative estimate of drug-likeness (QED) is 0.744. The number of nitrogens with zero attached hydrogens (tertiary/aromatic N) is 3. The number of aromatic nitrogens is 3. The van der Waals surface area contributed by atoms with E-state index in [1.165, 1.54) is 6.20 Å². The SMILES string of the molecule is CC(C)(N)Cc1cnc2c(Oc3ncccc3C(N)=O)cccn12. The van der Waals surface area contributed by atoms with Crippen molar-refractivity contribution in [3.8, 4) is 11.6 Å². The number of ether oxygens (including phenoxy) is 1. The molecule has 0 aliphatic heterocycles. The van der Waals surface area contributed by atoms with Crippen molar-refractivity contribution in [2.75, 3.05) is 0 Å². The molecule has 4 N–H and O–H groups in total. The zero-order valence-electron chi connectivity index (χ0n) is 13.6. The second-order valence-corrected chi connectivity index (χ2v) is 6.30. The smallest absolute Gasteiger partial charge is 0.254 e. The van der Waals surface area contributed by atoms with Crippen LogP contribution in [0.5, 0.6) is 11.6 Å². The van der Waals surface area contributed by atoms with E-state index in [1.807, 2.05) is 30.5 Å². The molecule has 3 aromatic rings. The summed E-state index contributed by atoms with van der Waals surface area (Å²) in [6.07, 6.45) is 5.86. The van der Waals surface area contributed by atoms with Crippen molar-refractivity contribution in [3.63, 3.8) is 0 Å². The van der Waals surface area contributed by atoms with Crippen LogP contribution in [0.2, 0.25) is 0 Å². The third-order valence-corrected chi connectivity index (χ3v) is 3.46. The van der Waals surface area contributed by atoms with E-state index >= 15 is 0 Å². The number of nitrogens with two attached hydrogens (primary N) is 2. The van der Waals surface area contributed by atoms with Crippen LogP contribution < -0.4 is 16.2 Å². The number of fused-ring (bicyclic) bond motifs is 1. The first-order valence-corrected chi connectivity index (χ1v) is 7.52. The summed E-state index contributed by atoms with van der Waals surface area (Å²) in [5, 5.41) is 0. The summed E-state index contributed by atoms with van der Waals surface area (Å²) in [6, 6.07) is 6.80. The van der Waals surface area contributed by atoms with Gasteiger partial charge < -0.3 is 20.6 Å². The van der Waals surface area contributed by atoms with E-state index in [4.69, 9.17) is 16.2 Å². The molecular formula is C17H19N5O2. The third kappa shape index (κ3) is 3.21. The monoisotopic (exact) mass is 325 g/mol. The second kappa shape index (κ2) is 5.93. The largest absolute Gasteiger partial charge is 0.434 e. The van der Waals surface area contributed by atoms with E-state index in [9.17, 15) is 4.79 Å². The van der Waals surface area contributed by atoms with Crippen LogP contribution in [0.1, 0.15) is 29.9 Å². The van der Waals surface area contributed by atoms with Gasteiger partial charge in [-0.1, -0.05) is 0 Å². The number of hydrogen-bond acceptors (Lipinski definition) is 5. The Morgan fingerprint density at radius 2 is 2.08 bits per heavy atom. The van der Waals surface area contributed by atoms with Gasteiger partial charge in [0.05, 0.1) is 0 Å². The molecule has 3 heterocycles. The van der Waals surface area contributed by atoms with Crippen LogP contribution in [0.4, 0.5) is 0 Å². The highest BCUT2D eigenvalue weighted by Crippen LogP contribution is 2.27. The Morgan fingerprint density at radius 3 is 2.79 bits per heavy atom. The number of pyridine rings is 2. The van der Waals surface area contributed by atoms with Crippen molar-refractivity contribution < 1.29 is 9.53 Å². The number of rotatable bonds is 5. The number of amides is 1. The highest BCUT2D eigenvalue weighted by atomic mass is 16.5. The van der Waals surface area contributed by atoms with Crippen molar-refractivity contribution in [1.29, 1.82) is 0 Å². The van der Waals surface area contributed by atoms with Gasteiger partial charge in [-0.25, -0.2) is 9.97 Å². The summed E-state index contributed by atoms with van der Waals surface area (Å²) < 4.78 is 7.71. The molecular weight excluding hydrogens is 306 g/mol. The van der Waals surface area contributed by atoms with Gasteiger partial charge in [-0.05, 0) is 38.1 Å². The zero-order chi connectivity index (χ0) is 17.3. The Kier molecular flexibility index (Phi) is 3.94. The third-order valence-electron chi connectivity index (χ3n) is 3.46. The molecule has 3 rings (SSSR count). The summed E-state index contributed by atoms with van der Waals surface area (Å²) in [6.45, 7) is 3.92. The minimum absolute atomic E-state index is 0.154. The van der Waals surface area contributed by atoms with Crippen LogP contribution in [0.3, 0.4) is 0 Å². The van der Waals surface area contributed by atoms with E-state index in [0.29, 0.717) is 17.8 Å². The van der Waals surface area contributed by atoms with Crippen LogP contribution >= 0.6 is 0 Å². The molecule has 0 unspecified atom stereocenters. The van der Waals surface area contributed by atoms with E-state index in [-0.39, 0.29) is 17.0 Å². The molecule has 0 bridgehead atoms. The molecule has 0 spiro atoms. The topological polar surface area (TPSA) is 109 Å². The molecule has 0 saturated carbocycles. The molecule has 7 heteroatoms. The van der Waals surface area contributed by atoms with E-state index in [2.05, 4.69) is 9.97 Å². The maximum absolute atomic E-state index is 11.5. The lowest BCUT2D eigenvalue weighted by molar-refractivity contribution is 0.0997. The summed E-state index contributed by atoms with van der Waals surface area (Å²) in [5.74, 6) is 0.0422. The predicted octanol–water partition coefficient (Wildman–Crippen LogP) is 1.90. The molecule has 0 aromatic carbocycles.